The molecule has 1 heterocycles. The molecule has 0 aromatic carbocycles. The Morgan fingerprint density at radius 3 is 1.67 bits per heavy atom. The molecule has 2 bridgehead atoms. The average Bonchev–Trinajstić information content (AvgIpc) is 2.60. The first kappa shape index (κ1) is 14.8. The third kappa shape index (κ3) is 1.43. The third-order valence-electron chi connectivity index (χ3n) is 3.84. The van der Waals surface area contributed by atoms with Crippen molar-refractivity contribution in [3.05, 3.63) is 10.1 Å². The average molecular weight is 438 g/mol. The molecule has 2 nitrogen and oxygen atoms in total. The van der Waals surface area contributed by atoms with Crippen LogP contribution in [0.3, 0.4) is 0 Å². The molecule has 0 N–H and O–H groups in total. The van der Waals surface area contributed by atoms with Crippen LogP contribution >= 0.6 is 69.6 Å². The molecule has 0 amide bonds. The summed E-state index contributed by atoms with van der Waals surface area (Å²) in [7, 11) is 0. The molecule has 9 heteroatoms. The van der Waals surface area contributed by atoms with Crippen LogP contribution in [0.1, 0.15) is 0 Å². The van der Waals surface area contributed by atoms with Gasteiger partial charge in [0.05, 0.1) is 0 Å². The zero-order valence-corrected chi connectivity index (χ0v) is 14.8. The molecule has 1 saturated carbocycles. The number of hydrogen-bond donors (Lipinski definition) is 0. The van der Waals surface area contributed by atoms with Crippen LogP contribution in [-0.2, 0) is 7.64 Å². The van der Waals surface area contributed by atoms with Gasteiger partial charge in [0.15, 0.2) is 0 Å². The molecule has 0 spiro atoms. The van der Waals surface area contributed by atoms with Crippen LogP contribution in [0.5, 0.6) is 0 Å². The summed E-state index contributed by atoms with van der Waals surface area (Å²) >= 11 is 38.2. The molecule has 2 fully saturated rings. The van der Waals surface area contributed by atoms with Gasteiger partial charge in [-0.05, 0) is 0 Å². The predicted molar refractivity (Wildman–Crippen MR) is 75.0 cm³/mol. The summed E-state index contributed by atoms with van der Waals surface area (Å²) in [5.41, 5.74) is 0. The van der Waals surface area contributed by atoms with Gasteiger partial charge in [0, 0.05) is 0 Å². The topological polar surface area (TPSA) is 18.5 Å². The van der Waals surface area contributed by atoms with Crippen LogP contribution in [0.25, 0.3) is 0 Å². The summed E-state index contributed by atoms with van der Waals surface area (Å²) in [6.45, 7) is 0.703. The van der Waals surface area contributed by atoms with E-state index in [0.29, 0.717) is 13.2 Å². The quantitative estimate of drug-likeness (QED) is 0.425. The van der Waals surface area contributed by atoms with Gasteiger partial charge >= 0.3 is 142 Å². The van der Waals surface area contributed by atoms with Gasteiger partial charge < -0.3 is 0 Å². The summed E-state index contributed by atoms with van der Waals surface area (Å²) in [6.07, 6.45) is 0. The molecule has 2 aliphatic carbocycles. The van der Waals surface area contributed by atoms with Crippen molar-refractivity contribution < 1.29 is 7.64 Å². The molecule has 0 unspecified atom stereocenters. The molecule has 0 aromatic rings. The first-order valence-corrected chi connectivity index (χ1v) is 8.69. The van der Waals surface area contributed by atoms with Crippen LogP contribution in [0.2, 0.25) is 0 Å². The van der Waals surface area contributed by atoms with E-state index in [2.05, 4.69) is 0 Å². The van der Waals surface area contributed by atoms with Crippen molar-refractivity contribution >= 4 is 85.2 Å². The van der Waals surface area contributed by atoms with Crippen molar-refractivity contribution in [1.29, 1.82) is 0 Å². The van der Waals surface area contributed by atoms with Crippen molar-refractivity contribution in [2.24, 2.45) is 11.8 Å². The van der Waals surface area contributed by atoms with Gasteiger partial charge in [-0.1, -0.05) is 0 Å². The zero-order valence-electron chi connectivity index (χ0n) is 8.56. The van der Waals surface area contributed by atoms with E-state index in [1.807, 2.05) is 0 Å². The van der Waals surface area contributed by atoms with Crippen molar-refractivity contribution in [2.75, 3.05) is 13.2 Å². The second kappa shape index (κ2) is 4.46. The standard InChI is InChI=1S/C9H6Cl6O2Se/c10-5-6(11)8(13)4-2-17-18-16-1-3(4)7(5,12)9(8,14)15/h3-4H,1-2H2/t3-,4+,7-,8+. The maximum absolute atomic E-state index is 6.62. The molecule has 0 aromatic heterocycles. The van der Waals surface area contributed by atoms with E-state index >= 15 is 0 Å². The number of rotatable bonds is 0. The summed E-state index contributed by atoms with van der Waals surface area (Å²) in [4.78, 5) is -2.46. The van der Waals surface area contributed by atoms with Crippen molar-refractivity contribution in [3.8, 4) is 0 Å². The predicted octanol–water partition coefficient (Wildman–Crippen LogP) is 3.65. The second-order valence-corrected chi connectivity index (χ2v) is 9.03. The van der Waals surface area contributed by atoms with E-state index in [0.717, 1.165) is 0 Å². The van der Waals surface area contributed by atoms with E-state index in [1.165, 1.54) is 0 Å². The molecule has 102 valence electrons. The Labute approximate surface area is 141 Å². The van der Waals surface area contributed by atoms with E-state index in [9.17, 15) is 0 Å². The van der Waals surface area contributed by atoms with Crippen molar-refractivity contribution in [2.45, 2.75) is 14.1 Å². The minimum absolute atomic E-state index is 0.213. The third-order valence-corrected chi connectivity index (χ3v) is 9.17. The number of hydrogen-bond acceptors (Lipinski definition) is 2. The Bertz CT molecular complexity index is 407. The normalized spacial score (nSPS) is 50.3. The Balaban J connectivity index is 2.21. The van der Waals surface area contributed by atoms with Gasteiger partial charge in [-0.15, -0.1) is 0 Å². The number of halogens is 6. The van der Waals surface area contributed by atoms with Crippen LogP contribution in [0, 0.1) is 11.8 Å². The molecular weight excluding hydrogens is 432 g/mol. The van der Waals surface area contributed by atoms with E-state index in [1.54, 1.807) is 0 Å². The summed E-state index contributed by atoms with van der Waals surface area (Å²) < 4.78 is 9.31. The van der Waals surface area contributed by atoms with Crippen LogP contribution in [0.4, 0.5) is 0 Å². The summed E-state index contributed by atoms with van der Waals surface area (Å²) in [5.74, 6) is -0.461. The molecule has 3 rings (SSSR count). The van der Waals surface area contributed by atoms with E-state index < -0.39 is 14.1 Å². The first-order valence-electron chi connectivity index (χ1n) is 5.02. The Kier molecular flexibility index (Phi) is 3.67. The molecular formula is C9H6Cl6O2Se. The van der Waals surface area contributed by atoms with E-state index in [4.69, 9.17) is 77.2 Å². The Morgan fingerprint density at radius 1 is 0.889 bits per heavy atom. The summed E-state index contributed by atoms with van der Waals surface area (Å²) in [6, 6.07) is 0. The molecule has 3 aliphatic rings. The second-order valence-electron chi connectivity index (χ2n) is 4.48. The fraction of sp³-hybridized carbons (Fsp3) is 0.778. The van der Waals surface area contributed by atoms with Crippen LogP contribution in [-0.4, -0.2) is 42.9 Å². The molecule has 1 aliphatic heterocycles. The number of allylic oxidation sites excluding steroid dienone is 2. The number of fused-ring (bicyclic) bond motifs is 5. The molecule has 1 saturated heterocycles. The van der Waals surface area contributed by atoms with Gasteiger partial charge in [-0.25, -0.2) is 0 Å². The van der Waals surface area contributed by atoms with Gasteiger partial charge in [0.1, 0.15) is 0 Å². The fourth-order valence-electron chi connectivity index (χ4n) is 2.90. The van der Waals surface area contributed by atoms with Gasteiger partial charge in [0.25, 0.3) is 0 Å². The van der Waals surface area contributed by atoms with Gasteiger partial charge in [0.2, 0.25) is 0 Å². The first-order chi connectivity index (χ1) is 8.29. The molecule has 0 radical (unpaired) electrons. The van der Waals surface area contributed by atoms with Crippen molar-refractivity contribution in [3.63, 3.8) is 0 Å². The van der Waals surface area contributed by atoms with E-state index in [-0.39, 0.29) is 37.5 Å². The zero-order chi connectivity index (χ0) is 13.3. The Morgan fingerprint density at radius 2 is 1.28 bits per heavy atom. The molecule has 4 atom stereocenters. The number of alkyl halides is 4. The summed E-state index contributed by atoms with van der Waals surface area (Å²) in [5, 5.41) is 0.426. The maximum atomic E-state index is 6.62. The fourth-order valence-corrected chi connectivity index (χ4v) is 6.95. The molecule has 18 heavy (non-hydrogen) atoms. The Hall–Kier alpha value is 1.92. The minimum atomic E-state index is -1.50. The van der Waals surface area contributed by atoms with Crippen molar-refractivity contribution in [1.82, 2.24) is 0 Å². The monoisotopic (exact) mass is 436 g/mol. The van der Waals surface area contributed by atoms with Gasteiger partial charge in [-0.2, -0.15) is 0 Å². The SMILES string of the molecule is ClC1=C(Cl)[C@]2(Cl)[C@@H]3CO[Se]OC[C@@H]3[C@@]1(Cl)C2(Cl)Cl. The van der Waals surface area contributed by atoms with Crippen LogP contribution in [0.15, 0.2) is 10.1 Å². The van der Waals surface area contributed by atoms with Gasteiger partial charge in [-0.3, -0.25) is 0 Å². The van der Waals surface area contributed by atoms with Crippen LogP contribution < -0.4 is 0 Å².